The van der Waals surface area contributed by atoms with Crippen molar-refractivity contribution in [1.29, 1.82) is 0 Å². The van der Waals surface area contributed by atoms with Crippen LogP contribution in [0.1, 0.15) is 12.5 Å². The highest BCUT2D eigenvalue weighted by molar-refractivity contribution is 7.80. The summed E-state index contributed by atoms with van der Waals surface area (Å²) >= 11 is 11.7. The largest absolute Gasteiger partial charge is 0.360 e. The maximum atomic E-state index is 6.21. The highest BCUT2D eigenvalue weighted by atomic mass is 35.5. The molecule has 1 aromatic heterocycles. The number of nitrogens with one attached hydrogen (secondary N) is 2. The minimum Gasteiger partial charge on any atom is -0.360 e. The van der Waals surface area contributed by atoms with Crippen LogP contribution in [0.3, 0.4) is 0 Å². The molecule has 0 saturated carbocycles. The zero-order chi connectivity index (χ0) is 23.7. The molecular formula is C24H30ClN7S. The number of halogens is 1. The van der Waals surface area contributed by atoms with Crippen LogP contribution in [0.5, 0.6) is 0 Å². The Balaban J connectivity index is 1.61. The van der Waals surface area contributed by atoms with Crippen molar-refractivity contribution in [2.24, 2.45) is 0 Å². The highest BCUT2D eigenvalue weighted by Crippen LogP contribution is 2.35. The third kappa shape index (κ3) is 5.13. The molecule has 4 rings (SSSR count). The molecule has 7 nitrogen and oxygen atoms in total. The third-order valence-corrected chi connectivity index (χ3v) is 6.54. The SMILES string of the molecule is CC1C(Nc2ncc3c(n2)-c2ccc(Cl)cc2NC(=S)C3)=CC=C(N(C)CCN(C)C)N1C. The van der Waals surface area contributed by atoms with Crippen LogP contribution in [0.25, 0.3) is 11.3 Å². The molecule has 2 aliphatic rings. The number of thiocarbonyl (C=S) groups is 1. The van der Waals surface area contributed by atoms with Crippen LogP contribution < -0.4 is 10.6 Å². The number of fused-ring (bicyclic) bond motifs is 3. The lowest BCUT2D eigenvalue weighted by Gasteiger charge is -2.38. The number of benzene rings is 1. The van der Waals surface area contributed by atoms with Gasteiger partial charge in [0.2, 0.25) is 5.95 Å². The van der Waals surface area contributed by atoms with Crippen LogP contribution in [-0.2, 0) is 6.42 Å². The molecule has 0 bridgehead atoms. The smallest absolute Gasteiger partial charge is 0.227 e. The van der Waals surface area contributed by atoms with E-state index in [2.05, 4.69) is 77.6 Å². The van der Waals surface area contributed by atoms with Crippen molar-refractivity contribution in [1.82, 2.24) is 24.7 Å². The van der Waals surface area contributed by atoms with Gasteiger partial charge in [0.25, 0.3) is 0 Å². The molecule has 2 N–H and O–H groups in total. The Morgan fingerprint density at radius 3 is 2.79 bits per heavy atom. The van der Waals surface area contributed by atoms with Crippen molar-refractivity contribution in [2.75, 3.05) is 51.9 Å². The molecule has 1 aromatic carbocycles. The van der Waals surface area contributed by atoms with E-state index >= 15 is 0 Å². The predicted molar refractivity (Wildman–Crippen MR) is 141 cm³/mol. The van der Waals surface area contributed by atoms with E-state index in [1.807, 2.05) is 24.4 Å². The second kappa shape index (κ2) is 9.67. The van der Waals surface area contributed by atoms with Crippen molar-refractivity contribution in [2.45, 2.75) is 19.4 Å². The molecule has 0 spiro atoms. The molecule has 0 amide bonds. The van der Waals surface area contributed by atoms with E-state index in [-0.39, 0.29) is 6.04 Å². The van der Waals surface area contributed by atoms with Crippen molar-refractivity contribution >= 4 is 40.4 Å². The molecule has 174 valence electrons. The molecule has 33 heavy (non-hydrogen) atoms. The van der Waals surface area contributed by atoms with Crippen LogP contribution in [0.2, 0.25) is 5.02 Å². The van der Waals surface area contributed by atoms with Crippen molar-refractivity contribution in [3.05, 3.63) is 58.7 Å². The van der Waals surface area contributed by atoms with E-state index in [1.54, 1.807) is 0 Å². The first-order valence-corrected chi connectivity index (χ1v) is 11.7. The first-order valence-electron chi connectivity index (χ1n) is 11.0. The van der Waals surface area contributed by atoms with Crippen LogP contribution in [0.15, 0.2) is 48.1 Å². The van der Waals surface area contributed by atoms with Gasteiger partial charge in [0.15, 0.2) is 0 Å². The van der Waals surface area contributed by atoms with Gasteiger partial charge in [-0.2, -0.15) is 0 Å². The summed E-state index contributed by atoms with van der Waals surface area (Å²) in [6, 6.07) is 5.88. The Morgan fingerprint density at radius 1 is 1.24 bits per heavy atom. The Labute approximate surface area is 206 Å². The first-order chi connectivity index (χ1) is 15.7. The van der Waals surface area contributed by atoms with Crippen LogP contribution in [-0.4, -0.2) is 77.0 Å². The van der Waals surface area contributed by atoms with Gasteiger partial charge in [0.05, 0.1) is 16.7 Å². The van der Waals surface area contributed by atoms with E-state index < -0.39 is 0 Å². The van der Waals surface area contributed by atoms with Gasteiger partial charge < -0.3 is 25.3 Å². The Kier molecular flexibility index (Phi) is 6.88. The first kappa shape index (κ1) is 23.5. The monoisotopic (exact) mass is 483 g/mol. The Hall–Kier alpha value is -2.68. The average Bonchev–Trinajstić information content (AvgIpc) is 2.90. The second-order valence-electron chi connectivity index (χ2n) is 8.77. The minimum atomic E-state index is 0.148. The fourth-order valence-electron chi connectivity index (χ4n) is 3.99. The van der Waals surface area contributed by atoms with Gasteiger partial charge >= 0.3 is 0 Å². The topological polar surface area (TPSA) is 59.6 Å². The van der Waals surface area contributed by atoms with Gasteiger partial charge in [-0.25, -0.2) is 9.97 Å². The molecule has 0 fully saturated rings. The van der Waals surface area contributed by atoms with Crippen LogP contribution in [0.4, 0.5) is 11.6 Å². The number of aromatic nitrogens is 2. The standard InChI is InChI=1S/C24H30ClN7S/c1-15-19(8-9-22(32(15)5)31(4)11-10-30(2)3)28-24-26-14-16-12-21(33)27-20-13-17(25)6-7-18(20)23(16)29-24/h6-9,13-15H,10-12H2,1-5H3,(H,27,33)(H,26,28,29). The van der Waals surface area contributed by atoms with E-state index in [0.717, 1.165) is 46.3 Å². The summed E-state index contributed by atoms with van der Waals surface area (Å²) in [5, 5.41) is 7.38. The summed E-state index contributed by atoms with van der Waals surface area (Å²) in [7, 11) is 8.42. The van der Waals surface area contributed by atoms with Crippen molar-refractivity contribution < 1.29 is 0 Å². The van der Waals surface area contributed by atoms with Crippen molar-refractivity contribution in [3.8, 4) is 11.3 Å². The van der Waals surface area contributed by atoms with Gasteiger partial charge in [-0.15, -0.1) is 0 Å². The van der Waals surface area contributed by atoms with E-state index in [1.165, 1.54) is 5.82 Å². The number of anilines is 2. The maximum absolute atomic E-state index is 6.21. The summed E-state index contributed by atoms with van der Waals surface area (Å²) in [4.78, 5) is 16.9. The minimum absolute atomic E-state index is 0.148. The van der Waals surface area contributed by atoms with Crippen LogP contribution in [0, 0.1) is 0 Å². The average molecular weight is 484 g/mol. The van der Waals surface area contributed by atoms with E-state index in [0.29, 0.717) is 17.4 Å². The molecule has 2 aromatic rings. The molecule has 1 unspecified atom stereocenters. The van der Waals surface area contributed by atoms with E-state index in [9.17, 15) is 0 Å². The summed E-state index contributed by atoms with van der Waals surface area (Å²) in [6.07, 6.45) is 6.70. The molecule has 1 atom stereocenters. The van der Waals surface area contributed by atoms with Gasteiger partial charge in [0.1, 0.15) is 5.82 Å². The summed E-state index contributed by atoms with van der Waals surface area (Å²) in [5.74, 6) is 1.75. The number of hydrogen-bond acceptors (Lipinski definition) is 7. The fraction of sp³-hybridized carbons (Fsp3) is 0.375. The molecule has 0 saturated heterocycles. The maximum Gasteiger partial charge on any atom is 0.227 e. The normalized spacial score (nSPS) is 17.5. The summed E-state index contributed by atoms with van der Waals surface area (Å²) in [6.45, 7) is 4.13. The van der Waals surface area contributed by atoms with Gasteiger partial charge in [-0.05, 0) is 51.4 Å². The molecule has 3 heterocycles. The lowest BCUT2D eigenvalue weighted by Crippen LogP contribution is -2.42. The zero-order valence-electron chi connectivity index (χ0n) is 19.7. The molecule has 0 radical (unpaired) electrons. The summed E-state index contributed by atoms with van der Waals surface area (Å²) in [5.41, 5.74) is 4.73. The molecule has 2 aliphatic heterocycles. The number of rotatable bonds is 6. The summed E-state index contributed by atoms with van der Waals surface area (Å²) < 4.78 is 0. The number of likely N-dealkylation sites (N-methyl/N-ethyl adjacent to an activating group) is 3. The predicted octanol–water partition coefficient (Wildman–Crippen LogP) is 4.06. The Morgan fingerprint density at radius 2 is 2.03 bits per heavy atom. The molecule has 0 aliphatic carbocycles. The highest BCUT2D eigenvalue weighted by Gasteiger charge is 2.24. The quantitative estimate of drug-likeness (QED) is 0.596. The fourth-order valence-corrected chi connectivity index (χ4v) is 4.43. The van der Waals surface area contributed by atoms with Crippen molar-refractivity contribution in [3.63, 3.8) is 0 Å². The van der Waals surface area contributed by atoms with Gasteiger partial charge in [-0.3, -0.25) is 0 Å². The third-order valence-electron chi connectivity index (χ3n) is 6.06. The second-order valence-corrected chi connectivity index (χ2v) is 9.70. The number of allylic oxidation sites excluding steroid dienone is 2. The van der Waals surface area contributed by atoms with Gasteiger partial charge in [-0.1, -0.05) is 23.8 Å². The van der Waals surface area contributed by atoms with E-state index in [4.69, 9.17) is 28.8 Å². The Bertz CT molecular complexity index is 1130. The lowest BCUT2D eigenvalue weighted by atomic mass is 10.1. The number of nitrogens with zero attached hydrogens (tertiary/aromatic N) is 5. The van der Waals surface area contributed by atoms with Gasteiger partial charge in [0, 0.05) is 67.3 Å². The lowest BCUT2D eigenvalue weighted by molar-refractivity contribution is 0.222. The zero-order valence-corrected chi connectivity index (χ0v) is 21.3. The molecular weight excluding hydrogens is 454 g/mol. The number of hydrogen-bond donors (Lipinski definition) is 2. The van der Waals surface area contributed by atoms with Crippen LogP contribution >= 0.6 is 23.8 Å². The molecule has 9 heteroatoms.